The van der Waals surface area contributed by atoms with Gasteiger partial charge < -0.3 is 18.6 Å². The van der Waals surface area contributed by atoms with Gasteiger partial charge in [-0.05, 0) is 35.4 Å². The van der Waals surface area contributed by atoms with E-state index in [9.17, 15) is 9.59 Å². The summed E-state index contributed by atoms with van der Waals surface area (Å²) in [6, 6.07) is 29.9. The Morgan fingerprint density at radius 3 is 1.33 bits per heavy atom. The van der Waals surface area contributed by atoms with E-state index >= 15 is 0 Å². The molecule has 0 atom stereocenters. The van der Waals surface area contributed by atoms with Crippen LogP contribution < -0.4 is 0 Å². The van der Waals surface area contributed by atoms with E-state index in [4.69, 9.17) is 30.5 Å². The van der Waals surface area contributed by atoms with Crippen LogP contribution in [0.4, 0.5) is 0 Å². The molecule has 0 amide bonds. The van der Waals surface area contributed by atoms with Crippen LogP contribution in [-0.2, 0) is 45.4 Å². The molecule has 0 saturated carbocycles. The van der Waals surface area contributed by atoms with Crippen molar-refractivity contribution in [1.29, 1.82) is 21.0 Å². The van der Waals surface area contributed by atoms with E-state index in [-0.39, 0.29) is 49.1 Å². The Bertz CT molecular complexity index is 2040. The van der Waals surface area contributed by atoms with Crippen LogP contribution in [0.15, 0.2) is 96.3 Å². The van der Waals surface area contributed by atoms with Crippen LogP contribution >= 0.6 is 0 Å². The molecule has 5 rings (SSSR count). The molecule has 0 saturated heterocycles. The average molecular weight is 633 g/mol. The van der Waals surface area contributed by atoms with E-state index in [1.165, 1.54) is 12.2 Å². The standard InChI is InChI=1S/C38H28N6O4/c39-19-29(20-40)17-31-23-43(35-7-3-1-5-33(31)35)15-13-37(45)47-25-27-9-11-28(12-10-27)26-48-38(46)14-16-44-24-32(18-30(21-41)22-42)34-6-2-4-8-36(34)44/h1-12,17-18,23-24H,13-16,25-26H2. The van der Waals surface area contributed by atoms with Crippen LogP contribution in [0.25, 0.3) is 34.0 Å². The van der Waals surface area contributed by atoms with Crippen molar-refractivity contribution in [2.75, 3.05) is 0 Å². The molecule has 2 heterocycles. The molecule has 0 aliphatic rings. The maximum absolute atomic E-state index is 12.5. The number of esters is 2. The number of nitrogens with zero attached hydrogens (tertiary/aromatic N) is 6. The second-order valence-corrected chi connectivity index (χ2v) is 10.8. The molecule has 2 aromatic heterocycles. The third-order valence-electron chi connectivity index (χ3n) is 7.66. The molecular formula is C38H28N6O4. The first-order valence-electron chi connectivity index (χ1n) is 15.0. The van der Waals surface area contributed by atoms with Crippen molar-refractivity contribution in [3.63, 3.8) is 0 Å². The highest BCUT2D eigenvalue weighted by molar-refractivity contribution is 5.92. The Kier molecular flexibility index (Phi) is 10.4. The summed E-state index contributed by atoms with van der Waals surface area (Å²) >= 11 is 0. The molecule has 0 aliphatic heterocycles. The minimum atomic E-state index is -0.369. The van der Waals surface area contributed by atoms with Gasteiger partial charge in [-0.2, -0.15) is 21.0 Å². The summed E-state index contributed by atoms with van der Waals surface area (Å²) in [5.74, 6) is -0.737. The van der Waals surface area contributed by atoms with E-state index in [0.717, 1.165) is 44.1 Å². The van der Waals surface area contributed by atoms with Crippen molar-refractivity contribution in [3.05, 3.63) is 119 Å². The van der Waals surface area contributed by atoms with Crippen LogP contribution in [0.5, 0.6) is 0 Å². The molecule has 0 N–H and O–H groups in total. The lowest BCUT2D eigenvalue weighted by molar-refractivity contribution is -0.146. The van der Waals surface area contributed by atoms with Crippen molar-refractivity contribution in [2.45, 2.75) is 39.1 Å². The summed E-state index contributed by atoms with van der Waals surface area (Å²) in [6.07, 6.45) is 6.98. The number of rotatable bonds is 12. The van der Waals surface area contributed by atoms with Gasteiger partial charge in [-0.3, -0.25) is 9.59 Å². The van der Waals surface area contributed by atoms with E-state index in [2.05, 4.69) is 0 Å². The number of fused-ring (bicyclic) bond motifs is 2. The number of benzene rings is 3. The van der Waals surface area contributed by atoms with E-state index in [1.54, 1.807) is 0 Å². The van der Waals surface area contributed by atoms with Gasteiger partial charge >= 0.3 is 11.9 Å². The largest absolute Gasteiger partial charge is 0.461 e. The maximum atomic E-state index is 12.5. The highest BCUT2D eigenvalue weighted by Gasteiger charge is 2.12. The second kappa shape index (κ2) is 15.4. The Balaban J connectivity index is 1.09. The summed E-state index contributed by atoms with van der Waals surface area (Å²) < 4.78 is 14.8. The first-order chi connectivity index (χ1) is 23.4. The first kappa shape index (κ1) is 32.5. The Labute approximate surface area is 276 Å². The fourth-order valence-electron chi connectivity index (χ4n) is 5.27. The molecule has 0 bridgehead atoms. The number of aromatic nitrogens is 2. The van der Waals surface area contributed by atoms with E-state index in [1.807, 2.05) is 119 Å². The highest BCUT2D eigenvalue weighted by Crippen LogP contribution is 2.25. The Morgan fingerprint density at radius 1 is 0.583 bits per heavy atom. The summed E-state index contributed by atoms with van der Waals surface area (Å²) in [7, 11) is 0. The number of carbonyl (C=O) groups excluding carboxylic acids is 2. The Hall–Kier alpha value is -6.88. The predicted molar refractivity (Wildman–Crippen MR) is 178 cm³/mol. The molecule has 0 fully saturated rings. The van der Waals surface area contributed by atoms with E-state index < -0.39 is 0 Å². The number of hydrogen-bond acceptors (Lipinski definition) is 8. The van der Waals surface area contributed by atoms with Crippen LogP contribution in [0.2, 0.25) is 0 Å². The normalized spacial score (nSPS) is 10.2. The lowest BCUT2D eigenvalue weighted by atomic mass is 10.1. The zero-order chi connectivity index (χ0) is 33.9. The molecule has 0 radical (unpaired) electrons. The zero-order valence-electron chi connectivity index (χ0n) is 25.8. The SMILES string of the molecule is N#CC(C#N)=Cc1cn(CCC(=O)OCc2ccc(COC(=O)CCn3cc(C=C(C#N)C#N)c4ccccc43)cc2)c2ccccc12. The van der Waals surface area contributed by atoms with Gasteiger partial charge in [0.25, 0.3) is 0 Å². The smallest absolute Gasteiger partial charge is 0.307 e. The van der Waals surface area contributed by atoms with Gasteiger partial charge in [0.15, 0.2) is 0 Å². The average Bonchev–Trinajstić information content (AvgIpc) is 3.66. The fourth-order valence-corrected chi connectivity index (χ4v) is 5.27. The second-order valence-electron chi connectivity index (χ2n) is 10.8. The third-order valence-corrected chi connectivity index (χ3v) is 7.66. The molecule has 48 heavy (non-hydrogen) atoms. The van der Waals surface area contributed by atoms with Crippen LogP contribution in [0.1, 0.15) is 35.1 Å². The number of hydrogen-bond donors (Lipinski definition) is 0. The van der Waals surface area contributed by atoms with E-state index in [0.29, 0.717) is 13.1 Å². The summed E-state index contributed by atoms with van der Waals surface area (Å²) in [5.41, 5.74) is 4.81. The number of ether oxygens (including phenoxy) is 2. The highest BCUT2D eigenvalue weighted by atomic mass is 16.5. The molecule has 5 aromatic rings. The minimum absolute atomic E-state index is 0.00139. The van der Waals surface area contributed by atoms with Gasteiger partial charge in [-0.25, -0.2) is 0 Å². The van der Waals surface area contributed by atoms with Crippen molar-refractivity contribution in [3.8, 4) is 24.3 Å². The fraction of sp³-hybridized carbons (Fsp3) is 0.158. The zero-order valence-corrected chi connectivity index (χ0v) is 25.8. The molecular weight excluding hydrogens is 604 g/mol. The first-order valence-corrected chi connectivity index (χ1v) is 15.0. The lowest BCUT2D eigenvalue weighted by Crippen LogP contribution is -2.09. The third kappa shape index (κ3) is 7.85. The van der Waals surface area contributed by atoms with Crippen LogP contribution in [0, 0.1) is 45.3 Å². The Morgan fingerprint density at radius 2 is 0.958 bits per heavy atom. The molecule has 0 spiro atoms. The van der Waals surface area contributed by atoms with Crippen molar-refractivity contribution in [2.24, 2.45) is 0 Å². The number of aryl methyl sites for hydroxylation is 2. The summed E-state index contributed by atoms with van der Waals surface area (Å²) in [4.78, 5) is 25.1. The van der Waals surface area contributed by atoms with Crippen LogP contribution in [-0.4, -0.2) is 21.1 Å². The van der Waals surface area contributed by atoms with Gasteiger partial charge in [0.1, 0.15) is 48.6 Å². The number of nitriles is 4. The lowest BCUT2D eigenvalue weighted by Gasteiger charge is -2.09. The summed E-state index contributed by atoms with van der Waals surface area (Å²) in [5, 5.41) is 38.3. The molecule has 0 aliphatic carbocycles. The molecule has 10 heteroatoms. The van der Waals surface area contributed by atoms with Crippen molar-refractivity contribution >= 4 is 45.9 Å². The molecule has 3 aromatic carbocycles. The molecule has 10 nitrogen and oxygen atoms in total. The van der Waals surface area contributed by atoms with Crippen molar-refractivity contribution < 1.29 is 19.1 Å². The minimum Gasteiger partial charge on any atom is -0.461 e. The van der Waals surface area contributed by atoms with Gasteiger partial charge in [-0.1, -0.05) is 60.7 Å². The van der Waals surface area contributed by atoms with Gasteiger partial charge in [0.05, 0.1) is 12.8 Å². The quantitative estimate of drug-likeness (QED) is 0.108. The summed E-state index contributed by atoms with van der Waals surface area (Å²) in [6.45, 7) is 0.931. The number of para-hydroxylation sites is 2. The molecule has 234 valence electrons. The number of allylic oxidation sites excluding steroid dienone is 2. The van der Waals surface area contributed by atoms with Crippen molar-refractivity contribution in [1.82, 2.24) is 9.13 Å². The van der Waals surface area contributed by atoms with Gasteiger partial charge in [-0.15, -0.1) is 0 Å². The monoisotopic (exact) mass is 632 g/mol. The van der Waals surface area contributed by atoms with Gasteiger partial charge in [0, 0.05) is 58.4 Å². The predicted octanol–water partition coefficient (Wildman–Crippen LogP) is 6.72. The number of carbonyl (C=O) groups is 2. The van der Waals surface area contributed by atoms with Crippen LogP contribution in [0.3, 0.4) is 0 Å². The van der Waals surface area contributed by atoms with Gasteiger partial charge in [0.2, 0.25) is 0 Å². The maximum Gasteiger partial charge on any atom is 0.307 e. The molecule has 0 unspecified atom stereocenters. The topological polar surface area (TPSA) is 158 Å².